The fourth-order valence-corrected chi connectivity index (χ4v) is 2.87. The Balaban J connectivity index is 1.95. The summed E-state index contributed by atoms with van der Waals surface area (Å²) >= 11 is 6.29. The van der Waals surface area contributed by atoms with Crippen LogP contribution >= 0.6 is 11.6 Å². The Kier molecular flexibility index (Phi) is 5.25. The van der Waals surface area contributed by atoms with E-state index in [4.69, 9.17) is 11.6 Å². The van der Waals surface area contributed by atoms with Crippen molar-refractivity contribution in [1.29, 1.82) is 0 Å². The summed E-state index contributed by atoms with van der Waals surface area (Å²) in [6, 6.07) is 0.296. The largest absolute Gasteiger partial charge is 0.352 e. The monoisotopic (exact) mass is 283 g/mol. The summed E-state index contributed by atoms with van der Waals surface area (Å²) in [6.45, 7) is 2.93. The number of halogens is 1. The third-order valence-corrected chi connectivity index (χ3v) is 4.07. The van der Waals surface area contributed by atoms with Gasteiger partial charge in [0.05, 0.1) is 18.2 Å². The van der Waals surface area contributed by atoms with Gasteiger partial charge in [-0.15, -0.1) is 11.6 Å². The van der Waals surface area contributed by atoms with Crippen LogP contribution in [0.15, 0.2) is 12.5 Å². The second-order valence-corrected chi connectivity index (χ2v) is 5.65. The molecule has 1 heterocycles. The molecule has 1 saturated carbocycles. The van der Waals surface area contributed by atoms with Crippen molar-refractivity contribution < 1.29 is 4.79 Å². The summed E-state index contributed by atoms with van der Waals surface area (Å²) in [5.74, 6) is -0.0913. The van der Waals surface area contributed by atoms with Gasteiger partial charge in [-0.05, 0) is 19.3 Å². The topological polar surface area (TPSA) is 46.9 Å². The lowest BCUT2D eigenvalue weighted by Crippen LogP contribution is -2.38. The van der Waals surface area contributed by atoms with Crippen LogP contribution in [-0.4, -0.2) is 21.5 Å². The van der Waals surface area contributed by atoms with E-state index < -0.39 is 5.38 Å². The highest BCUT2D eigenvalue weighted by atomic mass is 35.5. The number of aryl methyl sites for hydroxylation is 1. The molecule has 1 aliphatic rings. The maximum Gasteiger partial charge on any atom is 0.244 e. The molecular formula is C14H22ClN3O. The number of nitrogens with one attached hydrogen (secondary N) is 1. The van der Waals surface area contributed by atoms with Gasteiger partial charge < -0.3 is 9.88 Å². The molecule has 5 heteroatoms. The first kappa shape index (κ1) is 14.4. The Bertz CT molecular complexity index is 413. The van der Waals surface area contributed by atoms with E-state index in [0.29, 0.717) is 6.04 Å². The molecule has 0 spiro atoms. The summed E-state index contributed by atoms with van der Waals surface area (Å²) in [5, 5.41) is 2.42. The number of imidazole rings is 1. The van der Waals surface area contributed by atoms with Crippen LogP contribution in [0.5, 0.6) is 0 Å². The lowest BCUT2D eigenvalue weighted by molar-refractivity contribution is -0.121. The second-order valence-electron chi connectivity index (χ2n) is 5.22. The number of amides is 1. The van der Waals surface area contributed by atoms with Gasteiger partial charge in [0.25, 0.3) is 0 Å². The predicted molar refractivity (Wildman–Crippen MR) is 76.1 cm³/mol. The first-order chi connectivity index (χ1) is 9.22. The zero-order valence-corrected chi connectivity index (χ0v) is 12.2. The SMILES string of the molecule is CCCn1cncc1C(Cl)C(=O)NC1CCCCC1. The van der Waals surface area contributed by atoms with Gasteiger partial charge in [-0.3, -0.25) is 4.79 Å². The number of aromatic nitrogens is 2. The van der Waals surface area contributed by atoms with E-state index in [2.05, 4.69) is 17.2 Å². The molecule has 1 fully saturated rings. The predicted octanol–water partition coefficient (Wildman–Crippen LogP) is 3.02. The number of rotatable bonds is 5. The van der Waals surface area contributed by atoms with Crippen molar-refractivity contribution in [3.63, 3.8) is 0 Å². The summed E-state index contributed by atoms with van der Waals surface area (Å²) in [5.41, 5.74) is 0.789. The van der Waals surface area contributed by atoms with Gasteiger partial charge in [0.1, 0.15) is 0 Å². The van der Waals surface area contributed by atoms with E-state index in [9.17, 15) is 4.79 Å². The Labute approximate surface area is 119 Å². The lowest BCUT2D eigenvalue weighted by atomic mass is 9.95. The Hall–Kier alpha value is -1.03. The lowest BCUT2D eigenvalue weighted by Gasteiger charge is -2.24. The van der Waals surface area contributed by atoms with Gasteiger partial charge in [-0.25, -0.2) is 4.98 Å². The molecule has 1 amide bonds. The number of carbonyl (C=O) groups excluding carboxylic acids is 1. The molecular weight excluding hydrogens is 262 g/mol. The molecule has 0 radical (unpaired) electrons. The van der Waals surface area contributed by atoms with Gasteiger partial charge in [0.15, 0.2) is 5.38 Å². The molecule has 106 valence electrons. The van der Waals surface area contributed by atoms with Crippen molar-refractivity contribution in [2.75, 3.05) is 0 Å². The molecule has 1 atom stereocenters. The molecule has 0 saturated heterocycles. The van der Waals surface area contributed by atoms with Crippen LogP contribution in [-0.2, 0) is 11.3 Å². The first-order valence-corrected chi connectivity index (χ1v) is 7.60. The highest BCUT2D eigenvalue weighted by molar-refractivity contribution is 6.30. The fraction of sp³-hybridized carbons (Fsp3) is 0.714. The minimum Gasteiger partial charge on any atom is -0.352 e. The standard InChI is InChI=1S/C14H22ClN3O/c1-2-8-18-10-16-9-12(18)13(15)14(19)17-11-6-4-3-5-7-11/h9-11,13H,2-8H2,1H3,(H,17,19). The van der Waals surface area contributed by atoms with Gasteiger partial charge in [-0.1, -0.05) is 26.2 Å². The van der Waals surface area contributed by atoms with Gasteiger partial charge in [0.2, 0.25) is 5.91 Å². The van der Waals surface area contributed by atoms with Crippen molar-refractivity contribution in [3.05, 3.63) is 18.2 Å². The Morgan fingerprint density at radius 2 is 2.26 bits per heavy atom. The average molecular weight is 284 g/mol. The van der Waals surface area contributed by atoms with Crippen molar-refractivity contribution in [3.8, 4) is 0 Å². The minimum absolute atomic E-state index is 0.0913. The summed E-state index contributed by atoms with van der Waals surface area (Å²) in [4.78, 5) is 16.3. The van der Waals surface area contributed by atoms with Crippen LogP contribution in [0.3, 0.4) is 0 Å². The minimum atomic E-state index is -0.643. The van der Waals surface area contributed by atoms with Crippen LogP contribution < -0.4 is 5.32 Å². The van der Waals surface area contributed by atoms with E-state index in [1.165, 1.54) is 19.3 Å². The summed E-state index contributed by atoms with van der Waals surface area (Å²) in [7, 11) is 0. The molecule has 0 aromatic carbocycles. The molecule has 1 aliphatic carbocycles. The maximum atomic E-state index is 12.2. The zero-order valence-electron chi connectivity index (χ0n) is 11.4. The molecule has 1 aromatic heterocycles. The van der Waals surface area contributed by atoms with E-state index >= 15 is 0 Å². The summed E-state index contributed by atoms with van der Waals surface area (Å²) in [6.07, 6.45) is 10.2. The smallest absolute Gasteiger partial charge is 0.244 e. The third-order valence-electron chi connectivity index (χ3n) is 3.65. The highest BCUT2D eigenvalue weighted by Crippen LogP contribution is 2.23. The van der Waals surface area contributed by atoms with Crippen LogP contribution in [0.2, 0.25) is 0 Å². The molecule has 2 rings (SSSR count). The normalized spacial score (nSPS) is 18.2. The van der Waals surface area contributed by atoms with Crippen molar-refractivity contribution >= 4 is 17.5 Å². The van der Waals surface area contributed by atoms with Crippen LogP contribution in [0.4, 0.5) is 0 Å². The average Bonchev–Trinajstić information content (AvgIpc) is 2.87. The highest BCUT2D eigenvalue weighted by Gasteiger charge is 2.24. The fourth-order valence-electron chi connectivity index (χ4n) is 2.63. The number of nitrogens with zero attached hydrogens (tertiary/aromatic N) is 2. The molecule has 19 heavy (non-hydrogen) atoms. The number of hydrogen-bond acceptors (Lipinski definition) is 2. The maximum absolute atomic E-state index is 12.2. The Morgan fingerprint density at radius 1 is 1.53 bits per heavy atom. The quantitative estimate of drug-likeness (QED) is 0.845. The molecule has 0 bridgehead atoms. The van der Waals surface area contributed by atoms with Crippen LogP contribution in [0, 0.1) is 0 Å². The van der Waals surface area contributed by atoms with Crippen LogP contribution in [0.25, 0.3) is 0 Å². The molecule has 1 aromatic rings. The van der Waals surface area contributed by atoms with Crippen molar-refractivity contribution in [2.24, 2.45) is 0 Å². The summed E-state index contributed by atoms with van der Waals surface area (Å²) < 4.78 is 1.96. The third kappa shape index (κ3) is 3.72. The Morgan fingerprint density at radius 3 is 2.95 bits per heavy atom. The van der Waals surface area contributed by atoms with E-state index in [-0.39, 0.29) is 5.91 Å². The van der Waals surface area contributed by atoms with E-state index in [1.54, 1.807) is 12.5 Å². The van der Waals surface area contributed by atoms with Gasteiger partial charge >= 0.3 is 0 Å². The van der Waals surface area contributed by atoms with Crippen molar-refractivity contribution in [2.45, 2.75) is 63.4 Å². The number of alkyl halides is 1. The number of carbonyl (C=O) groups is 1. The molecule has 1 N–H and O–H groups in total. The van der Waals surface area contributed by atoms with Crippen molar-refractivity contribution in [1.82, 2.24) is 14.9 Å². The zero-order chi connectivity index (χ0) is 13.7. The van der Waals surface area contributed by atoms with Gasteiger partial charge in [-0.2, -0.15) is 0 Å². The second kappa shape index (κ2) is 6.94. The van der Waals surface area contributed by atoms with E-state index in [1.807, 2.05) is 4.57 Å². The van der Waals surface area contributed by atoms with E-state index in [0.717, 1.165) is 31.5 Å². The molecule has 0 aliphatic heterocycles. The van der Waals surface area contributed by atoms with Crippen LogP contribution in [0.1, 0.15) is 56.5 Å². The number of hydrogen-bond donors (Lipinski definition) is 1. The van der Waals surface area contributed by atoms with Gasteiger partial charge in [0, 0.05) is 12.6 Å². The first-order valence-electron chi connectivity index (χ1n) is 7.17. The molecule has 4 nitrogen and oxygen atoms in total. The molecule has 1 unspecified atom stereocenters.